The molecule has 0 aromatic heterocycles. The third-order valence-electron chi connectivity index (χ3n) is 3.71. The van der Waals surface area contributed by atoms with Crippen molar-refractivity contribution in [2.75, 3.05) is 24.6 Å². The van der Waals surface area contributed by atoms with Gasteiger partial charge in [-0.05, 0) is 43.2 Å². The molecule has 1 atom stereocenters. The topological polar surface area (TPSA) is 41.1 Å². The standard InChI is InChI=1S/C13H24N2OS/c16-13(15-12-4-2-1-3-5-12)9-14-8-11-6-7-17-10-11/h11-12,14H,1-10H2,(H,15,16). The fraction of sp³-hybridized carbons (Fsp3) is 0.923. The third-order valence-corrected chi connectivity index (χ3v) is 4.94. The zero-order valence-electron chi connectivity index (χ0n) is 10.5. The van der Waals surface area contributed by atoms with Gasteiger partial charge in [0, 0.05) is 6.04 Å². The monoisotopic (exact) mass is 256 g/mol. The summed E-state index contributed by atoms with van der Waals surface area (Å²) in [5, 5.41) is 6.43. The Morgan fingerprint density at radius 1 is 1.18 bits per heavy atom. The third kappa shape index (κ3) is 4.88. The van der Waals surface area contributed by atoms with Crippen LogP contribution in [0.3, 0.4) is 0 Å². The molecule has 0 aromatic carbocycles. The molecule has 2 rings (SSSR count). The summed E-state index contributed by atoms with van der Waals surface area (Å²) >= 11 is 2.03. The number of hydrogen-bond donors (Lipinski definition) is 2. The highest BCUT2D eigenvalue weighted by molar-refractivity contribution is 7.99. The summed E-state index contributed by atoms with van der Waals surface area (Å²) in [5.74, 6) is 3.52. The molecular formula is C13H24N2OS. The molecule has 1 amide bonds. The first-order valence-corrected chi connectivity index (χ1v) is 8.08. The minimum Gasteiger partial charge on any atom is -0.352 e. The molecule has 1 saturated heterocycles. The van der Waals surface area contributed by atoms with Gasteiger partial charge >= 0.3 is 0 Å². The maximum Gasteiger partial charge on any atom is 0.234 e. The Balaban J connectivity index is 1.53. The van der Waals surface area contributed by atoms with Gasteiger partial charge in [-0.15, -0.1) is 0 Å². The van der Waals surface area contributed by atoms with Crippen LogP contribution in [0, 0.1) is 5.92 Å². The number of hydrogen-bond acceptors (Lipinski definition) is 3. The summed E-state index contributed by atoms with van der Waals surface area (Å²) in [6.45, 7) is 1.50. The highest BCUT2D eigenvalue weighted by atomic mass is 32.2. The average Bonchev–Trinajstić information content (AvgIpc) is 2.83. The van der Waals surface area contributed by atoms with E-state index in [9.17, 15) is 4.79 Å². The summed E-state index contributed by atoms with van der Waals surface area (Å²) in [4.78, 5) is 11.7. The average molecular weight is 256 g/mol. The molecule has 0 aromatic rings. The summed E-state index contributed by atoms with van der Waals surface area (Å²) in [5.41, 5.74) is 0. The van der Waals surface area contributed by atoms with Crippen molar-refractivity contribution in [1.29, 1.82) is 0 Å². The van der Waals surface area contributed by atoms with E-state index in [4.69, 9.17) is 0 Å². The fourth-order valence-electron chi connectivity index (χ4n) is 2.66. The van der Waals surface area contributed by atoms with Crippen molar-refractivity contribution in [1.82, 2.24) is 10.6 Å². The van der Waals surface area contributed by atoms with Crippen LogP contribution in [0.1, 0.15) is 38.5 Å². The number of carbonyl (C=O) groups excluding carboxylic acids is 1. The largest absolute Gasteiger partial charge is 0.352 e. The Hall–Kier alpha value is -0.220. The van der Waals surface area contributed by atoms with Crippen LogP contribution >= 0.6 is 11.8 Å². The SMILES string of the molecule is O=C(CNCC1CCSC1)NC1CCCCC1. The molecule has 0 spiro atoms. The second-order valence-electron chi connectivity index (χ2n) is 5.26. The van der Waals surface area contributed by atoms with E-state index >= 15 is 0 Å². The molecule has 1 aliphatic carbocycles. The Bertz CT molecular complexity index is 236. The highest BCUT2D eigenvalue weighted by Gasteiger charge is 2.17. The summed E-state index contributed by atoms with van der Waals surface area (Å²) < 4.78 is 0. The highest BCUT2D eigenvalue weighted by Crippen LogP contribution is 2.22. The molecule has 1 saturated carbocycles. The van der Waals surface area contributed by atoms with E-state index < -0.39 is 0 Å². The van der Waals surface area contributed by atoms with Gasteiger partial charge in [0.25, 0.3) is 0 Å². The minimum absolute atomic E-state index is 0.183. The first-order chi connectivity index (χ1) is 8.34. The quantitative estimate of drug-likeness (QED) is 0.788. The Labute approximate surface area is 108 Å². The number of nitrogens with one attached hydrogen (secondary N) is 2. The molecule has 1 aliphatic heterocycles. The van der Waals surface area contributed by atoms with Crippen molar-refractivity contribution in [3.8, 4) is 0 Å². The maximum absolute atomic E-state index is 11.7. The summed E-state index contributed by atoms with van der Waals surface area (Å²) in [6, 6.07) is 0.445. The summed E-state index contributed by atoms with van der Waals surface area (Å²) in [7, 11) is 0. The zero-order chi connectivity index (χ0) is 11.9. The number of amides is 1. The molecule has 1 unspecified atom stereocenters. The zero-order valence-corrected chi connectivity index (χ0v) is 11.4. The van der Waals surface area contributed by atoms with Gasteiger partial charge in [-0.2, -0.15) is 11.8 Å². The molecule has 0 radical (unpaired) electrons. The predicted molar refractivity (Wildman–Crippen MR) is 73.3 cm³/mol. The number of carbonyl (C=O) groups is 1. The van der Waals surface area contributed by atoms with Crippen LogP contribution in [0.25, 0.3) is 0 Å². The molecule has 2 fully saturated rings. The minimum atomic E-state index is 0.183. The van der Waals surface area contributed by atoms with Crippen LogP contribution in [-0.2, 0) is 4.79 Å². The molecule has 2 aliphatic rings. The predicted octanol–water partition coefficient (Wildman–Crippen LogP) is 1.78. The normalized spacial score (nSPS) is 26.0. The molecular weight excluding hydrogens is 232 g/mol. The van der Waals surface area contributed by atoms with E-state index in [1.807, 2.05) is 11.8 Å². The maximum atomic E-state index is 11.7. The molecule has 2 N–H and O–H groups in total. The lowest BCUT2D eigenvalue weighted by Crippen LogP contribution is -2.42. The molecule has 17 heavy (non-hydrogen) atoms. The molecule has 0 bridgehead atoms. The second-order valence-corrected chi connectivity index (χ2v) is 6.41. The lowest BCUT2D eigenvalue weighted by atomic mass is 9.95. The van der Waals surface area contributed by atoms with Crippen molar-refractivity contribution in [3.63, 3.8) is 0 Å². The van der Waals surface area contributed by atoms with Crippen LogP contribution < -0.4 is 10.6 Å². The lowest BCUT2D eigenvalue weighted by molar-refractivity contribution is -0.121. The summed E-state index contributed by atoms with van der Waals surface area (Å²) in [6.07, 6.45) is 7.54. The van der Waals surface area contributed by atoms with Gasteiger partial charge in [-0.25, -0.2) is 0 Å². The smallest absolute Gasteiger partial charge is 0.234 e. The number of rotatable bonds is 5. The second kappa shape index (κ2) is 7.27. The van der Waals surface area contributed by atoms with Crippen LogP contribution in [-0.4, -0.2) is 36.5 Å². The van der Waals surface area contributed by atoms with Gasteiger partial charge in [0.15, 0.2) is 0 Å². The Morgan fingerprint density at radius 2 is 2.00 bits per heavy atom. The fourth-order valence-corrected chi connectivity index (χ4v) is 3.94. The Morgan fingerprint density at radius 3 is 2.71 bits per heavy atom. The van der Waals surface area contributed by atoms with Crippen molar-refractivity contribution in [2.24, 2.45) is 5.92 Å². The van der Waals surface area contributed by atoms with Gasteiger partial charge in [0.05, 0.1) is 6.54 Å². The first-order valence-electron chi connectivity index (χ1n) is 6.92. The van der Waals surface area contributed by atoms with Crippen molar-refractivity contribution < 1.29 is 4.79 Å². The van der Waals surface area contributed by atoms with E-state index in [0.717, 1.165) is 12.5 Å². The van der Waals surface area contributed by atoms with Gasteiger partial charge in [-0.1, -0.05) is 19.3 Å². The van der Waals surface area contributed by atoms with E-state index in [1.165, 1.54) is 50.0 Å². The first kappa shape index (κ1) is 13.2. The number of thioether (sulfide) groups is 1. The van der Waals surface area contributed by atoms with E-state index in [2.05, 4.69) is 10.6 Å². The van der Waals surface area contributed by atoms with E-state index in [0.29, 0.717) is 12.6 Å². The van der Waals surface area contributed by atoms with E-state index in [-0.39, 0.29) is 5.91 Å². The van der Waals surface area contributed by atoms with Gasteiger partial charge in [-0.3, -0.25) is 4.79 Å². The molecule has 98 valence electrons. The molecule has 1 heterocycles. The Kier molecular flexibility index (Phi) is 5.65. The van der Waals surface area contributed by atoms with Crippen LogP contribution in [0.15, 0.2) is 0 Å². The van der Waals surface area contributed by atoms with Crippen molar-refractivity contribution in [2.45, 2.75) is 44.6 Å². The molecule has 3 nitrogen and oxygen atoms in total. The van der Waals surface area contributed by atoms with Crippen LogP contribution in [0.5, 0.6) is 0 Å². The van der Waals surface area contributed by atoms with Crippen molar-refractivity contribution >= 4 is 17.7 Å². The van der Waals surface area contributed by atoms with Gasteiger partial charge in [0.1, 0.15) is 0 Å². The van der Waals surface area contributed by atoms with Crippen LogP contribution in [0.4, 0.5) is 0 Å². The molecule has 4 heteroatoms. The van der Waals surface area contributed by atoms with Gasteiger partial charge < -0.3 is 10.6 Å². The van der Waals surface area contributed by atoms with Gasteiger partial charge in [0.2, 0.25) is 5.91 Å². The van der Waals surface area contributed by atoms with Crippen molar-refractivity contribution in [3.05, 3.63) is 0 Å². The van der Waals surface area contributed by atoms with E-state index in [1.54, 1.807) is 0 Å². The van der Waals surface area contributed by atoms with Crippen LogP contribution in [0.2, 0.25) is 0 Å². The lowest BCUT2D eigenvalue weighted by Gasteiger charge is -2.23.